The third kappa shape index (κ3) is 3.45. The van der Waals surface area contributed by atoms with Gasteiger partial charge in [-0.05, 0) is 25.0 Å². The Kier molecular flexibility index (Phi) is 5.27. The van der Waals surface area contributed by atoms with Crippen LogP contribution in [0.15, 0.2) is 36.5 Å². The summed E-state index contributed by atoms with van der Waals surface area (Å²) in [4.78, 5) is 17.5. The minimum atomic E-state index is -4.88. The zero-order chi connectivity index (χ0) is 21.5. The Balaban J connectivity index is 1.60. The number of alkyl halides is 3. The summed E-state index contributed by atoms with van der Waals surface area (Å²) in [6.45, 7) is 1.75. The van der Waals surface area contributed by atoms with E-state index in [0.29, 0.717) is 25.4 Å². The van der Waals surface area contributed by atoms with Crippen molar-refractivity contribution in [3.63, 3.8) is 0 Å². The molecule has 1 aromatic carbocycles. The molecule has 0 aliphatic carbocycles. The number of anilines is 1. The van der Waals surface area contributed by atoms with Gasteiger partial charge in [-0.3, -0.25) is 15.2 Å². The molecule has 3 N–H and O–H groups in total. The quantitative estimate of drug-likeness (QED) is 0.435. The Labute approximate surface area is 176 Å². The van der Waals surface area contributed by atoms with Crippen LogP contribution in [0, 0.1) is 0 Å². The van der Waals surface area contributed by atoms with Crippen LogP contribution in [0.2, 0.25) is 5.02 Å². The van der Waals surface area contributed by atoms with Gasteiger partial charge in [-0.15, -0.1) is 0 Å². The van der Waals surface area contributed by atoms with E-state index in [2.05, 4.69) is 11.1 Å². The number of nitrogens with one attached hydrogen (secondary N) is 1. The van der Waals surface area contributed by atoms with E-state index >= 15 is 0 Å². The number of hydrogen-bond donors (Lipinski definition) is 2. The van der Waals surface area contributed by atoms with Crippen molar-refractivity contribution in [2.24, 2.45) is 5.84 Å². The summed E-state index contributed by atoms with van der Waals surface area (Å²) in [6.07, 6.45) is -2.11. The number of piperidine rings is 1. The van der Waals surface area contributed by atoms with Gasteiger partial charge in [0.25, 0.3) is 5.91 Å². The van der Waals surface area contributed by atoms with Crippen molar-refractivity contribution in [1.29, 1.82) is 0 Å². The molecule has 1 atom stereocenters. The van der Waals surface area contributed by atoms with E-state index in [1.54, 1.807) is 11.5 Å². The van der Waals surface area contributed by atoms with E-state index < -0.39 is 23.7 Å². The number of nitrogens with two attached hydrogens (primary N) is 1. The van der Waals surface area contributed by atoms with Crippen molar-refractivity contribution < 1.29 is 22.7 Å². The summed E-state index contributed by atoms with van der Waals surface area (Å²) in [5, 5.41) is -0.192. The molecule has 2 aliphatic heterocycles. The summed E-state index contributed by atoms with van der Waals surface area (Å²) in [5.74, 6) is 1.88. The van der Waals surface area contributed by atoms with Gasteiger partial charge in [0, 0.05) is 30.3 Å². The number of hydrazine groups is 1. The van der Waals surface area contributed by atoms with Gasteiger partial charge >= 0.3 is 6.18 Å². The average Bonchev–Trinajstić information content (AvgIpc) is 3.08. The molecular weight excluding hydrogens is 421 g/mol. The Morgan fingerprint density at radius 2 is 1.97 bits per heavy atom. The number of amides is 1. The highest BCUT2D eigenvalue weighted by Crippen LogP contribution is 2.47. The Morgan fingerprint density at radius 3 is 2.63 bits per heavy atom. The summed E-state index contributed by atoms with van der Waals surface area (Å²) in [6, 6.07) is 9.49. The van der Waals surface area contributed by atoms with Crippen LogP contribution in [0.1, 0.15) is 30.0 Å². The van der Waals surface area contributed by atoms with Crippen molar-refractivity contribution in [1.82, 2.24) is 10.4 Å². The SMILES string of the molecule is NNC(=O)C(c1nccc(N2CCC3(CC2)COc2ccccc23)c1Cl)C(F)(F)F. The van der Waals surface area contributed by atoms with Crippen molar-refractivity contribution in [3.05, 3.63) is 52.8 Å². The van der Waals surface area contributed by atoms with E-state index in [1.807, 2.05) is 23.1 Å². The Morgan fingerprint density at radius 1 is 1.27 bits per heavy atom. The number of ether oxygens (including phenoxy) is 1. The van der Waals surface area contributed by atoms with Gasteiger partial charge in [-0.25, -0.2) is 5.84 Å². The molecule has 160 valence electrons. The zero-order valence-electron chi connectivity index (χ0n) is 15.9. The molecule has 0 bridgehead atoms. The molecular formula is C20H20ClF3N4O2. The fourth-order valence-corrected chi connectivity index (χ4v) is 4.66. The molecule has 6 nitrogen and oxygen atoms in total. The van der Waals surface area contributed by atoms with Crippen LogP contribution in [0.5, 0.6) is 5.75 Å². The van der Waals surface area contributed by atoms with E-state index in [0.717, 1.165) is 18.6 Å². The number of para-hydroxylation sites is 1. The molecule has 1 amide bonds. The Hall–Kier alpha value is -2.52. The van der Waals surface area contributed by atoms with E-state index in [-0.39, 0.29) is 10.4 Å². The second kappa shape index (κ2) is 7.63. The number of rotatable bonds is 3. The third-order valence-electron chi connectivity index (χ3n) is 5.92. The van der Waals surface area contributed by atoms with Crippen LogP contribution in [0.4, 0.5) is 18.9 Å². The Bertz CT molecular complexity index is 961. The van der Waals surface area contributed by atoms with Gasteiger partial charge in [-0.1, -0.05) is 29.8 Å². The molecule has 2 aliphatic rings. The number of nitrogens with zero attached hydrogens (tertiary/aromatic N) is 2. The van der Waals surface area contributed by atoms with Gasteiger partial charge < -0.3 is 9.64 Å². The van der Waals surface area contributed by atoms with Crippen LogP contribution < -0.4 is 20.9 Å². The number of carbonyl (C=O) groups is 1. The molecule has 0 saturated carbocycles. The van der Waals surface area contributed by atoms with Crippen LogP contribution in [-0.2, 0) is 10.2 Å². The van der Waals surface area contributed by atoms with Gasteiger partial charge in [0.2, 0.25) is 0 Å². The number of halogens is 4. The lowest BCUT2D eigenvalue weighted by molar-refractivity contribution is -0.165. The first-order chi connectivity index (χ1) is 14.3. The predicted molar refractivity (Wildman–Crippen MR) is 105 cm³/mol. The molecule has 1 unspecified atom stereocenters. The number of aromatic nitrogens is 1. The van der Waals surface area contributed by atoms with Gasteiger partial charge in [0.15, 0.2) is 5.92 Å². The molecule has 1 spiro atoms. The van der Waals surface area contributed by atoms with Gasteiger partial charge in [0.05, 0.1) is 23.0 Å². The highest BCUT2D eigenvalue weighted by Gasteiger charge is 2.49. The van der Waals surface area contributed by atoms with Crippen LogP contribution in [-0.4, -0.2) is 36.8 Å². The molecule has 30 heavy (non-hydrogen) atoms. The third-order valence-corrected chi connectivity index (χ3v) is 6.31. The molecule has 1 saturated heterocycles. The lowest BCUT2D eigenvalue weighted by Crippen LogP contribution is -2.44. The lowest BCUT2D eigenvalue weighted by Gasteiger charge is -2.40. The first-order valence-corrected chi connectivity index (χ1v) is 9.83. The van der Waals surface area contributed by atoms with Gasteiger partial charge in [0.1, 0.15) is 5.75 Å². The molecule has 0 radical (unpaired) electrons. The number of fused-ring (bicyclic) bond motifs is 2. The highest BCUT2D eigenvalue weighted by molar-refractivity contribution is 6.34. The molecule has 10 heteroatoms. The van der Waals surface area contributed by atoms with Crippen molar-refractivity contribution in [3.8, 4) is 5.75 Å². The number of pyridine rings is 1. The molecule has 1 fully saturated rings. The number of carbonyl (C=O) groups excluding carboxylic acids is 1. The van der Waals surface area contributed by atoms with E-state index in [1.165, 1.54) is 11.8 Å². The zero-order valence-corrected chi connectivity index (χ0v) is 16.6. The lowest BCUT2D eigenvalue weighted by atomic mass is 9.74. The predicted octanol–water partition coefficient (Wildman–Crippen LogP) is 3.30. The summed E-state index contributed by atoms with van der Waals surface area (Å²) in [7, 11) is 0. The van der Waals surface area contributed by atoms with E-state index in [9.17, 15) is 18.0 Å². The molecule has 1 aromatic heterocycles. The summed E-state index contributed by atoms with van der Waals surface area (Å²) >= 11 is 6.33. The van der Waals surface area contributed by atoms with Crippen LogP contribution in [0.25, 0.3) is 0 Å². The highest BCUT2D eigenvalue weighted by atomic mass is 35.5. The summed E-state index contributed by atoms with van der Waals surface area (Å²) in [5.41, 5.74) is 2.48. The molecule has 3 heterocycles. The van der Waals surface area contributed by atoms with Crippen LogP contribution in [0.3, 0.4) is 0 Å². The topological polar surface area (TPSA) is 80.5 Å². The first-order valence-electron chi connectivity index (χ1n) is 9.46. The fourth-order valence-electron chi connectivity index (χ4n) is 4.32. The smallest absolute Gasteiger partial charge is 0.406 e. The molecule has 2 aromatic rings. The number of benzene rings is 1. The van der Waals surface area contributed by atoms with Crippen molar-refractivity contribution in [2.75, 3.05) is 24.6 Å². The second-order valence-corrected chi connectivity index (χ2v) is 7.94. The minimum absolute atomic E-state index is 0.108. The summed E-state index contributed by atoms with van der Waals surface area (Å²) < 4.78 is 46.3. The fraction of sp³-hybridized carbons (Fsp3) is 0.400. The maximum atomic E-state index is 13.5. The van der Waals surface area contributed by atoms with Crippen molar-refractivity contribution >= 4 is 23.2 Å². The van der Waals surface area contributed by atoms with Crippen molar-refractivity contribution in [2.45, 2.75) is 30.4 Å². The maximum absolute atomic E-state index is 13.5. The maximum Gasteiger partial charge on any atom is 0.406 e. The second-order valence-electron chi connectivity index (χ2n) is 7.56. The normalized spacial score (nSPS) is 18.6. The average molecular weight is 441 g/mol. The minimum Gasteiger partial charge on any atom is -0.492 e. The standard InChI is InChI=1S/C20H20ClF3N4O2/c21-16-13(5-8-26-17(16)15(18(29)27-25)20(22,23)24)28-9-6-19(7-10-28)11-30-14-4-2-1-3-12(14)19/h1-5,8,15H,6-7,9-11,25H2,(H,27,29). The van der Waals surface area contributed by atoms with Crippen LogP contribution >= 0.6 is 11.6 Å². The monoisotopic (exact) mass is 440 g/mol. The van der Waals surface area contributed by atoms with E-state index in [4.69, 9.17) is 22.2 Å². The van der Waals surface area contributed by atoms with Gasteiger partial charge in [-0.2, -0.15) is 13.2 Å². The number of hydrogen-bond acceptors (Lipinski definition) is 5. The first kappa shape index (κ1) is 20.7. The molecule has 4 rings (SSSR count). The largest absolute Gasteiger partial charge is 0.492 e.